The Balaban J connectivity index is 2.31. The van der Waals surface area contributed by atoms with E-state index in [1.807, 2.05) is 6.92 Å². The number of nitrogens with zero attached hydrogens (tertiary/aromatic N) is 2. The number of rotatable bonds is 4. The molecule has 5 heteroatoms. The monoisotopic (exact) mass is 265 g/mol. The largest absolute Gasteiger partial charge is 0.375 e. The maximum Gasteiger partial charge on any atom is 0.291 e. The van der Waals surface area contributed by atoms with Crippen LogP contribution in [0.5, 0.6) is 0 Å². The van der Waals surface area contributed by atoms with Crippen LogP contribution in [0.4, 0.5) is 5.82 Å². The molecule has 0 bridgehead atoms. The van der Waals surface area contributed by atoms with Crippen molar-refractivity contribution < 1.29 is 4.74 Å². The number of H-pyrrole nitrogens is 1. The molecule has 2 rings (SSSR count). The van der Waals surface area contributed by atoms with Crippen LogP contribution >= 0.6 is 0 Å². The van der Waals surface area contributed by atoms with Crippen LogP contribution in [0.1, 0.15) is 38.6 Å². The van der Waals surface area contributed by atoms with Crippen LogP contribution in [-0.4, -0.2) is 35.8 Å². The van der Waals surface area contributed by atoms with E-state index in [0.717, 1.165) is 43.7 Å². The van der Waals surface area contributed by atoms with Gasteiger partial charge in [-0.2, -0.15) is 0 Å². The highest BCUT2D eigenvalue weighted by atomic mass is 16.5. The molecule has 5 nitrogen and oxygen atoms in total. The molecule has 106 valence electrons. The SMILES string of the molecule is CCc1nc(N2CCOC(CC)C2)c(=O)[nH]c1CC. The second-order valence-corrected chi connectivity index (χ2v) is 4.87. The number of ether oxygens (including phenoxy) is 1. The fraction of sp³-hybridized carbons (Fsp3) is 0.714. The lowest BCUT2D eigenvalue weighted by molar-refractivity contribution is 0.0380. The Morgan fingerprint density at radius 2 is 2.16 bits per heavy atom. The summed E-state index contributed by atoms with van der Waals surface area (Å²) in [6, 6.07) is 0. The molecular formula is C14H23N3O2. The first-order valence-electron chi connectivity index (χ1n) is 7.18. The highest BCUT2D eigenvalue weighted by molar-refractivity contribution is 5.38. The van der Waals surface area contributed by atoms with Crippen molar-refractivity contribution in [1.82, 2.24) is 9.97 Å². The second-order valence-electron chi connectivity index (χ2n) is 4.87. The van der Waals surface area contributed by atoms with E-state index >= 15 is 0 Å². The summed E-state index contributed by atoms with van der Waals surface area (Å²) >= 11 is 0. The van der Waals surface area contributed by atoms with Gasteiger partial charge in [-0.1, -0.05) is 20.8 Å². The summed E-state index contributed by atoms with van der Waals surface area (Å²) in [7, 11) is 0. The first-order chi connectivity index (χ1) is 9.19. The van der Waals surface area contributed by atoms with Gasteiger partial charge in [-0.05, 0) is 19.3 Å². The Labute approximate surface area is 114 Å². The Bertz CT molecular complexity index is 484. The third-order valence-corrected chi connectivity index (χ3v) is 3.64. The molecule has 1 saturated heterocycles. The average molecular weight is 265 g/mol. The number of aromatic amines is 1. The van der Waals surface area contributed by atoms with Crippen LogP contribution in [0, 0.1) is 0 Å². The summed E-state index contributed by atoms with van der Waals surface area (Å²) in [4.78, 5) is 21.8. The van der Waals surface area contributed by atoms with Gasteiger partial charge in [0, 0.05) is 18.8 Å². The standard InChI is InChI=1S/C14H23N3O2/c1-4-10-9-17(7-8-19-10)13-14(18)16-12(6-3)11(5-2)15-13/h10H,4-9H2,1-3H3,(H,16,18). The molecule has 0 aliphatic carbocycles. The molecule has 0 spiro atoms. The quantitative estimate of drug-likeness (QED) is 0.896. The van der Waals surface area contributed by atoms with Crippen molar-refractivity contribution in [3.63, 3.8) is 0 Å². The maximum absolute atomic E-state index is 12.2. The number of anilines is 1. The van der Waals surface area contributed by atoms with E-state index in [1.165, 1.54) is 0 Å². The average Bonchev–Trinajstić information content (AvgIpc) is 2.46. The number of aromatic nitrogens is 2. The fourth-order valence-electron chi connectivity index (χ4n) is 2.47. The second kappa shape index (κ2) is 6.19. The van der Waals surface area contributed by atoms with Gasteiger partial charge in [-0.25, -0.2) is 4.98 Å². The fourth-order valence-corrected chi connectivity index (χ4v) is 2.47. The van der Waals surface area contributed by atoms with Crippen LogP contribution in [0.15, 0.2) is 4.79 Å². The molecular weight excluding hydrogens is 242 g/mol. The highest BCUT2D eigenvalue weighted by Crippen LogP contribution is 2.15. The molecule has 19 heavy (non-hydrogen) atoms. The van der Waals surface area contributed by atoms with Gasteiger partial charge >= 0.3 is 0 Å². The highest BCUT2D eigenvalue weighted by Gasteiger charge is 2.22. The Morgan fingerprint density at radius 3 is 2.79 bits per heavy atom. The number of hydrogen-bond acceptors (Lipinski definition) is 4. The molecule has 1 atom stereocenters. The molecule has 0 radical (unpaired) electrons. The van der Waals surface area contributed by atoms with Gasteiger partial charge in [0.15, 0.2) is 5.82 Å². The first kappa shape index (κ1) is 14.1. The molecule has 2 heterocycles. The van der Waals surface area contributed by atoms with Gasteiger partial charge in [0.1, 0.15) is 0 Å². The van der Waals surface area contributed by atoms with E-state index in [1.54, 1.807) is 0 Å². The van der Waals surface area contributed by atoms with Gasteiger partial charge < -0.3 is 14.6 Å². The molecule has 1 unspecified atom stereocenters. The van der Waals surface area contributed by atoms with Crippen LogP contribution in [0.2, 0.25) is 0 Å². The van der Waals surface area contributed by atoms with Crippen LogP contribution in [0.25, 0.3) is 0 Å². The van der Waals surface area contributed by atoms with Gasteiger partial charge in [-0.15, -0.1) is 0 Å². The van der Waals surface area contributed by atoms with Crippen LogP contribution in [-0.2, 0) is 17.6 Å². The molecule has 1 aliphatic heterocycles. The zero-order chi connectivity index (χ0) is 13.8. The number of hydrogen-bond donors (Lipinski definition) is 1. The Hall–Kier alpha value is -1.36. The molecule has 0 amide bonds. The lowest BCUT2D eigenvalue weighted by Gasteiger charge is -2.33. The van der Waals surface area contributed by atoms with Crippen molar-refractivity contribution in [2.24, 2.45) is 0 Å². The summed E-state index contributed by atoms with van der Waals surface area (Å²) in [5.41, 5.74) is 1.87. The topological polar surface area (TPSA) is 58.2 Å². The lowest BCUT2D eigenvalue weighted by Crippen LogP contribution is -2.45. The van der Waals surface area contributed by atoms with Crippen molar-refractivity contribution in [2.75, 3.05) is 24.6 Å². The summed E-state index contributed by atoms with van der Waals surface area (Å²) in [5, 5.41) is 0. The van der Waals surface area contributed by atoms with Crippen molar-refractivity contribution >= 4 is 5.82 Å². The number of morpholine rings is 1. The van der Waals surface area contributed by atoms with E-state index < -0.39 is 0 Å². The van der Waals surface area contributed by atoms with Gasteiger partial charge in [0.2, 0.25) is 0 Å². The Kier molecular flexibility index (Phi) is 4.58. The number of aryl methyl sites for hydroxylation is 2. The minimum Gasteiger partial charge on any atom is -0.375 e. The summed E-state index contributed by atoms with van der Waals surface area (Å²) in [6.07, 6.45) is 2.81. The van der Waals surface area contributed by atoms with Crippen molar-refractivity contribution in [3.05, 3.63) is 21.7 Å². The van der Waals surface area contributed by atoms with Gasteiger partial charge in [0.25, 0.3) is 5.56 Å². The van der Waals surface area contributed by atoms with Crippen molar-refractivity contribution in [2.45, 2.75) is 46.1 Å². The molecule has 1 aromatic heterocycles. The predicted octanol–water partition coefficient (Wildman–Crippen LogP) is 1.51. The normalized spacial score (nSPS) is 19.7. The van der Waals surface area contributed by atoms with Crippen LogP contribution < -0.4 is 10.5 Å². The third-order valence-electron chi connectivity index (χ3n) is 3.64. The summed E-state index contributed by atoms with van der Waals surface area (Å²) < 4.78 is 5.64. The smallest absolute Gasteiger partial charge is 0.291 e. The van der Waals surface area contributed by atoms with E-state index in [2.05, 4.69) is 28.7 Å². The third kappa shape index (κ3) is 2.97. The van der Waals surface area contributed by atoms with E-state index in [9.17, 15) is 4.79 Å². The zero-order valence-electron chi connectivity index (χ0n) is 12.0. The molecule has 1 fully saturated rings. The molecule has 0 saturated carbocycles. The molecule has 1 aromatic rings. The van der Waals surface area contributed by atoms with E-state index in [0.29, 0.717) is 12.4 Å². The van der Waals surface area contributed by atoms with Crippen molar-refractivity contribution in [1.29, 1.82) is 0 Å². The number of nitrogens with one attached hydrogen (secondary N) is 1. The summed E-state index contributed by atoms with van der Waals surface area (Å²) in [6.45, 7) is 8.36. The molecule has 1 aliphatic rings. The van der Waals surface area contributed by atoms with E-state index in [-0.39, 0.29) is 11.7 Å². The minimum atomic E-state index is -0.0780. The molecule has 1 N–H and O–H groups in total. The van der Waals surface area contributed by atoms with E-state index in [4.69, 9.17) is 4.74 Å². The first-order valence-corrected chi connectivity index (χ1v) is 7.18. The minimum absolute atomic E-state index is 0.0780. The van der Waals surface area contributed by atoms with Gasteiger partial charge in [0.05, 0.1) is 18.4 Å². The zero-order valence-corrected chi connectivity index (χ0v) is 12.0. The Morgan fingerprint density at radius 1 is 1.37 bits per heavy atom. The molecule has 0 aromatic carbocycles. The predicted molar refractivity (Wildman–Crippen MR) is 75.9 cm³/mol. The lowest BCUT2D eigenvalue weighted by atomic mass is 10.2. The van der Waals surface area contributed by atoms with Gasteiger partial charge in [-0.3, -0.25) is 4.79 Å². The maximum atomic E-state index is 12.2. The van der Waals surface area contributed by atoms with Crippen LogP contribution in [0.3, 0.4) is 0 Å². The summed E-state index contributed by atoms with van der Waals surface area (Å²) in [5.74, 6) is 0.552. The van der Waals surface area contributed by atoms with Crippen molar-refractivity contribution in [3.8, 4) is 0 Å².